The molecule has 2 aromatic rings. The average Bonchev–Trinajstić information content (AvgIpc) is 2.16. The SMILES string of the molecule is Oc1cccc2nc(C(F)(F)Cl)ncc12. The minimum Gasteiger partial charge on any atom is -0.507 e. The maximum atomic E-state index is 12.7. The highest BCUT2D eigenvalue weighted by Gasteiger charge is 2.31. The first-order chi connectivity index (χ1) is 6.98. The molecule has 78 valence electrons. The molecule has 0 fully saturated rings. The molecule has 1 aromatic heterocycles. The second-order valence-corrected chi connectivity index (χ2v) is 3.38. The number of alkyl halides is 3. The molecule has 1 heterocycles. The van der Waals surface area contributed by atoms with Crippen molar-refractivity contribution in [1.29, 1.82) is 0 Å². The van der Waals surface area contributed by atoms with E-state index in [1.807, 2.05) is 0 Å². The Morgan fingerprint density at radius 2 is 2.07 bits per heavy atom. The van der Waals surface area contributed by atoms with Gasteiger partial charge in [-0.3, -0.25) is 0 Å². The van der Waals surface area contributed by atoms with Crippen molar-refractivity contribution in [2.24, 2.45) is 0 Å². The fourth-order valence-electron chi connectivity index (χ4n) is 1.18. The normalized spacial score (nSPS) is 11.9. The number of hydrogen-bond acceptors (Lipinski definition) is 3. The Bertz CT molecular complexity index is 513. The molecule has 1 aromatic carbocycles. The summed E-state index contributed by atoms with van der Waals surface area (Å²) in [6.07, 6.45) is 1.11. The number of aromatic hydroxyl groups is 1. The van der Waals surface area contributed by atoms with E-state index in [2.05, 4.69) is 9.97 Å². The van der Waals surface area contributed by atoms with Crippen molar-refractivity contribution >= 4 is 22.5 Å². The molecular weight excluding hydrogens is 226 g/mol. The van der Waals surface area contributed by atoms with Crippen molar-refractivity contribution in [3.05, 3.63) is 30.2 Å². The molecule has 0 aliphatic carbocycles. The molecule has 0 bridgehead atoms. The van der Waals surface area contributed by atoms with Crippen LogP contribution >= 0.6 is 11.6 Å². The first kappa shape index (κ1) is 10.0. The minimum atomic E-state index is -3.60. The van der Waals surface area contributed by atoms with Crippen LogP contribution in [0.25, 0.3) is 10.9 Å². The Morgan fingerprint density at radius 1 is 1.33 bits per heavy atom. The van der Waals surface area contributed by atoms with Crippen LogP contribution in [-0.2, 0) is 5.38 Å². The molecule has 0 amide bonds. The molecule has 0 radical (unpaired) electrons. The lowest BCUT2D eigenvalue weighted by atomic mass is 10.2. The lowest BCUT2D eigenvalue weighted by Crippen LogP contribution is -2.09. The molecule has 0 aliphatic heterocycles. The van der Waals surface area contributed by atoms with Gasteiger partial charge in [0.15, 0.2) is 0 Å². The van der Waals surface area contributed by atoms with Gasteiger partial charge in [0.1, 0.15) is 5.75 Å². The predicted octanol–water partition coefficient (Wildman–Crippen LogP) is 2.62. The summed E-state index contributed by atoms with van der Waals surface area (Å²) in [7, 11) is 0. The quantitative estimate of drug-likeness (QED) is 0.766. The van der Waals surface area contributed by atoms with Gasteiger partial charge < -0.3 is 5.11 Å². The highest BCUT2D eigenvalue weighted by Crippen LogP contribution is 2.31. The largest absolute Gasteiger partial charge is 0.507 e. The molecule has 0 spiro atoms. The van der Waals surface area contributed by atoms with E-state index in [1.54, 1.807) is 0 Å². The van der Waals surface area contributed by atoms with Gasteiger partial charge in [-0.05, 0) is 23.7 Å². The Hall–Kier alpha value is -1.49. The Kier molecular flexibility index (Phi) is 2.19. The summed E-state index contributed by atoms with van der Waals surface area (Å²) in [6.45, 7) is 0. The molecule has 0 saturated carbocycles. The molecule has 0 saturated heterocycles. The third-order valence-electron chi connectivity index (χ3n) is 1.86. The van der Waals surface area contributed by atoms with Crippen molar-refractivity contribution in [2.75, 3.05) is 0 Å². The second-order valence-electron chi connectivity index (χ2n) is 2.90. The Balaban J connectivity index is 2.68. The molecule has 6 heteroatoms. The van der Waals surface area contributed by atoms with Crippen molar-refractivity contribution in [1.82, 2.24) is 9.97 Å². The van der Waals surface area contributed by atoms with Crippen LogP contribution in [0.4, 0.5) is 8.78 Å². The number of phenolic OH excluding ortho intramolecular Hbond substituents is 1. The molecule has 3 nitrogen and oxygen atoms in total. The van der Waals surface area contributed by atoms with Crippen molar-refractivity contribution in [2.45, 2.75) is 5.38 Å². The van der Waals surface area contributed by atoms with Crippen molar-refractivity contribution < 1.29 is 13.9 Å². The van der Waals surface area contributed by atoms with Crippen LogP contribution in [-0.4, -0.2) is 15.1 Å². The van der Waals surface area contributed by atoms with Gasteiger partial charge in [0.25, 0.3) is 0 Å². The molecule has 2 rings (SSSR count). The van der Waals surface area contributed by atoms with Crippen LogP contribution in [0.1, 0.15) is 5.82 Å². The van der Waals surface area contributed by atoms with E-state index >= 15 is 0 Å². The summed E-state index contributed by atoms with van der Waals surface area (Å²) < 4.78 is 25.3. The summed E-state index contributed by atoms with van der Waals surface area (Å²) in [5.74, 6) is -0.834. The number of hydrogen-bond donors (Lipinski definition) is 1. The Labute approximate surface area is 88.3 Å². The molecule has 0 unspecified atom stereocenters. The number of phenols is 1. The third-order valence-corrected chi connectivity index (χ3v) is 2.02. The summed E-state index contributed by atoms with van der Waals surface area (Å²) in [6, 6.07) is 4.41. The molecular formula is C9H5ClF2N2O. The van der Waals surface area contributed by atoms with E-state index in [4.69, 9.17) is 11.6 Å². The summed E-state index contributed by atoms with van der Waals surface area (Å²) >= 11 is 4.78. The van der Waals surface area contributed by atoms with Gasteiger partial charge in [-0.15, -0.1) is 0 Å². The monoisotopic (exact) mass is 230 g/mol. The highest BCUT2D eigenvalue weighted by molar-refractivity contribution is 6.21. The van der Waals surface area contributed by atoms with Crippen molar-refractivity contribution in [3.63, 3.8) is 0 Å². The first-order valence-electron chi connectivity index (χ1n) is 4.00. The number of fused-ring (bicyclic) bond motifs is 1. The fraction of sp³-hybridized carbons (Fsp3) is 0.111. The molecule has 15 heavy (non-hydrogen) atoms. The summed E-state index contributed by atoms with van der Waals surface area (Å²) in [5, 5.41) is 6.07. The average molecular weight is 231 g/mol. The smallest absolute Gasteiger partial charge is 0.381 e. The highest BCUT2D eigenvalue weighted by atomic mass is 35.5. The van der Waals surface area contributed by atoms with Gasteiger partial charge in [0.05, 0.1) is 10.9 Å². The van der Waals surface area contributed by atoms with E-state index in [0.29, 0.717) is 5.39 Å². The second kappa shape index (κ2) is 3.27. The van der Waals surface area contributed by atoms with Gasteiger partial charge >= 0.3 is 5.38 Å². The van der Waals surface area contributed by atoms with Crippen LogP contribution in [0.3, 0.4) is 0 Å². The minimum absolute atomic E-state index is 0.0584. The number of nitrogens with zero attached hydrogens (tertiary/aromatic N) is 2. The summed E-state index contributed by atoms with van der Waals surface area (Å²) in [5.41, 5.74) is 0.223. The van der Waals surface area contributed by atoms with E-state index < -0.39 is 11.2 Å². The van der Waals surface area contributed by atoms with Gasteiger partial charge in [0.2, 0.25) is 5.82 Å². The number of aromatic nitrogens is 2. The zero-order valence-electron chi connectivity index (χ0n) is 7.28. The maximum Gasteiger partial charge on any atom is 0.381 e. The van der Waals surface area contributed by atoms with Gasteiger partial charge in [-0.25, -0.2) is 9.97 Å². The van der Waals surface area contributed by atoms with E-state index in [-0.39, 0.29) is 11.3 Å². The van der Waals surface area contributed by atoms with Crippen LogP contribution in [0.5, 0.6) is 5.75 Å². The van der Waals surface area contributed by atoms with Gasteiger partial charge in [-0.2, -0.15) is 8.78 Å². The predicted molar refractivity (Wildman–Crippen MR) is 50.9 cm³/mol. The summed E-state index contributed by atoms with van der Waals surface area (Å²) in [4.78, 5) is 6.94. The number of halogens is 3. The Morgan fingerprint density at radius 3 is 2.73 bits per heavy atom. The molecule has 0 atom stereocenters. The van der Waals surface area contributed by atoms with Crippen molar-refractivity contribution in [3.8, 4) is 5.75 Å². The van der Waals surface area contributed by atoms with Crippen LogP contribution in [0.15, 0.2) is 24.4 Å². The van der Waals surface area contributed by atoms with Gasteiger partial charge in [0, 0.05) is 6.20 Å². The fourth-order valence-corrected chi connectivity index (χ4v) is 1.27. The first-order valence-corrected chi connectivity index (χ1v) is 4.38. The topological polar surface area (TPSA) is 46.0 Å². The van der Waals surface area contributed by atoms with Crippen LogP contribution in [0.2, 0.25) is 0 Å². The standard InChI is InChI=1S/C9H5ClF2N2O/c10-9(11,12)8-13-4-5-6(14-8)2-1-3-7(5)15/h1-4,15H. The lowest BCUT2D eigenvalue weighted by molar-refractivity contribution is 0.0848. The lowest BCUT2D eigenvalue weighted by Gasteiger charge is -2.06. The number of benzene rings is 1. The molecule has 1 N–H and O–H groups in total. The van der Waals surface area contributed by atoms with Crippen LogP contribution < -0.4 is 0 Å². The zero-order valence-corrected chi connectivity index (χ0v) is 8.04. The third kappa shape index (κ3) is 1.83. The molecule has 0 aliphatic rings. The van der Waals surface area contributed by atoms with E-state index in [1.165, 1.54) is 18.2 Å². The van der Waals surface area contributed by atoms with Crippen LogP contribution in [0, 0.1) is 0 Å². The maximum absolute atomic E-state index is 12.7. The zero-order chi connectivity index (χ0) is 11.1. The van der Waals surface area contributed by atoms with Gasteiger partial charge in [-0.1, -0.05) is 6.07 Å². The number of rotatable bonds is 1. The van der Waals surface area contributed by atoms with E-state index in [0.717, 1.165) is 6.20 Å². The van der Waals surface area contributed by atoms with E-state index in [9.17, 15) is 13.9 Å².